The van der Waals surface area contributed by atoms with E-state index < -0.39 is 0 Å². The first-order chi connectivity index (χ1) is 17.4. The largest absolute Gasteiger partial charge is 0.496 e. The van der Waals surface area contributed by atoms with E-state index in [1.807, 2.05) is 55.5 Å². The number of benzene rings is 2. The van der Waals surface area contributed by atoms with Crippen molar-refractivity contribution in [2.24, 2.45) is 5.92 Å². The summed E-state index contributed by atoms with van der Waals surface area (Å²) in [7, 11) is 3.69. The number of pyridine rings is 1. The molecule has 1 aliphatic heterocycles. The molecule has 3 aromatic rings. The minimum atomic E-state index is -0.330. The quantitative estimate of drug-likeness (QED) is 0.513. The summed E-state index contributed by atoms with van der Waals surface area (Å²) < 4.78 is 12.0. The van der Waals surface area contributed by atoms with E-state index in [2.05, 4.69) is 36.0 Å². The highest BCUT2D eigenvalue weighted by Crippen LogP contribution is 2.34. The van der Waals surface area contributed by atoms with Crippen LogP contribution < -0.4 is 9.47 Å². The van der Waals surface area contributed by atoms with Gasteiger partial charge in [-0.05, 0) is 31.7 Å². The molecule has 0 saturated carbocycles. The zero-order valence-electron chi connectivity index (χ0n) is 21.4. The number of hydrogen-bond acceptors (Lipinski definition) is 6. The molecule has 0 bridgehead atoms. The van der Waals surface area contributed by atoms with Gasteiger partial charge in [0.15, 0.2) is 0 Å². The van der Waals surface area contributed by atoms with Crippen molar-refractivity contribution >= 4 is 5.91 Å². The SMILES string of the molecule is COc1ccccc1-c1cnc2c(c1)C(=O)N([C@H](C)CO)C[C@H](C)[C@@H](CN(C)Cc1ccccc1)O2. The van der Waals surface area contributed by atoms with Gasteiger partial charge in [-0.1, -0.05) is 55.5 Å². The number of ether oxygens (including phenoxy) is 2. The molecule has 190 valence electrons. The maximum atomic E-state index is 13.7. The van der Waals surface area contributed by atoms with E-state index in [0.717, 1.165) is 17.7 Å². The molecule has 36 heavy (non-hydrogen) atoms. The second-order valence-electron chi connectivity index (χ2n) is 9.58. The minimum Gasteiger partial charge on any atom is -0.496 e. The van der Waals surface area contributed by atoms with Gasteiger partial charge in [-0.25, -0.2) is 4.98 Å². The van der Waals surface area contributed by atoms with Crippen LogP contribution in [0.15, 0.2) is 66.9 Å². The van der Waals surface area contributed by atoms with Crippen molar-refractivity contribution in [2.45, 2.75) is 32.5 Å². The molecule has 0 aliphatic carbocycles. The molecule has 7 nitrogen and oxygen atoms in total. The molecule has 2 heterocycles. The average Bonchev–Trinajstić information content (AvgIpc) is 2.90. The second kappa shape index (κ2) is 11.5. The summed E-state index contributed by atoms with van der Waals surface area (Å²) in [6.07, 6.45) is 1.53. The lowest BCUT2D eigenvalue weighted by Crippen LogP contribution is -2.49. The Morgan fingerprint density at radius 1 is 1.17 bits per heavy atom. The number of aliphatic hydroxyl groups is 1. The lowest BCUT2D eigenvalue weighted by Gasteiger charge is -2.37. The van der Waals surface area contributed by atoms with Crippen LogP contribution in [-0.2, 0) is 6.54 Å². The Balaban J connectivity index is 1.68. The molecule has 1 N–H and O–H groups in total. The fraction of sp³-hybridized carbons (Fsp3) is 0.379. The van der Waals surface area contributed by atoms with Crippen LogP contribution in [0, 0.1) is 5.92 Å². The van der Waals surface area contributed by atoms with Crippen molar-refractivity contribution in [1.82, 2.24) is 14.8 Å². The number of aromatic nitrogens is 1. The van der Waals surface area contributed by atoms with Gasteiger partial charge in [0.25, 0.3) is 5.91 Å². The maximum Gasteiger partial charge on any atom is 0.259 e. The number of hydrogen-bond donors (Lipinski definition) is 1. The normalized spacial score (nSPS) is 18.7. The Hall–Kier alpha value is -3.42. The van der Waals surface area contributed by atoms with Crippen molar-refractivity contribution in [3.63, 3.8) is 0 Å². The van der Waals surface area contributed by atoms with E-state index in [1.54, 1.807) is 18.2 Å². The molecule has 2 aromatic carbocycles. The number of nitrogens with zero attached hydrogens (tertiary/aromatic N) is 3. The van der Waals surface area contributed by atoms with Gasteiger partial charge >= 0.3 is 0 Å². The molecule has 1 aromatic heterocycles. The number of fused-ring (bicyclic) bond motifs is 1. The molecule has 0 saturated heterocycles. The molecule has 0 spiro atoms. The van der Waals surface area contributed by atoms with Gasteiger partial charge in [0.2, 0.25) is 5.88 Å². The molecule has 1 amide bonds. The average molecular weight is 490 g/mol. The fourth-order valence-electron chi connectivity index (χ4n) is 4.62. The molecule has 0 fully saturated rings. The fourth-order valence-corrected chi connectivity index (χ4v) is 4.62. The maximum absolute atomic E-state index is 13.7. The summed E-state index contributed by atoms with van der Waals surface area (Å²) in [5, 5.41) is 9.91. The minimum absolute atomic E-state index is 0.0324. The van der Waals surface area contributed by atoms with E-state index in [0.29, 0.717) is 30.3 Å². The predicted molar refractivity (Wildman–Crippen MR) is 140 cm³/mol. The van der Waals surface area contributed by atoms with Gasteiger partial charge in [0.1, 0.15) is 17.4 Å². The lowest BCUT2D eigenvalue weighted by atomic mass is 9.99. The highest BCUT2D eigenvalue weighted by atomic mass is 16.5. The molecule has 7 heteroatoms. The van der Waals surface area contributed by atoms with Gasteiger partial charge < -0.3 is 19.5 Å². The van der Waals surface area contributed by atoms with Crippen LogP contribution >= 0.6 is 0 Å². The Labute approximate surface area is 213 Å². The summed E-state index contributed by atoms with van der Waals surface area (Å²) in [6.45, 7) is 5.76. The van der Waals surface area contributed by atoms with E-state index in [-0.39, 0.29) is 30.6 Å². The summed E-state index contributed by atoms with van der Waals surface area (Å²) in [5.74, 6) is 0.857. The van der Waals surface area contributed by atoms with Crippen molar-refractivity contribution in [1.29, 1.82) is 0 Å². The van der Waals surface area contributed by atoms with E-state index in [1.165, 1.54) is 5.56 Å². The Bertz CT molecular complexity index is 1170. The molecular formula is C29H35N3O4. The highest BCUT2D eigenvalue weighted by molar-refractivity contribution is 5.98. The third kappa shape index (κ3) is 5.69. The number of amides is 1. The van der Waals surface area contributed by atoms with Gasteiger partial charge in [-0.2, -0.15) is 0 Å². The molecule has 0 unspecified atom stereocenters. The number of aliphatic hydroxyl groups excluding tert-OH is 1. The lowest BCUT2D eigenvalue weighted by molar-refractivity contribution is 0.0325. The second-order valence-corrected chi connectivity index (χ2v) is 9.58. The number of para-hydroxylation sites is 1. The molecule has 3 atom stereocenters. The Kier molecular flexibility index (Phi) is 8.23. The van der Waals surface area contributed by atoms with Gasteiger partial charge in [-0.15, -0.1) is 0 Å². The summed E-state index contributed by atoms with van der Waals surface area (Å²) in [6, 6.07) is 19.4. The van der Waals surface area contributed by atoms with Crippen molar-refractivity contribution in [3.05, 3.63) is 78.0 Å². The molecular weight excluding hydrogens is 454 g/mol. The third-order valence-corrected chi connectivity index (χ3v) is 6.73. The zero-order valence-corrected chi connectivity index (χ0v) is 21.4. The number of carbonyl (C=O) groups is 1. The van der Waals surface area contributed by atoms with Crippen LogP contribution in [0.5, 0.6) is 11.6 Å². The first-order valence-electron chi connectivity index (χ1n) is 12.4. The van der Waals surface area contributed by atoms with Crippen molar-refractivity contribution < 1.29 is 19.4 Å². The molecule has 0 radical (unpaired) electrons. The summed E-state index contributed by atoms with van der Waals surface area (Å²) >= 11 is 0. The van der Waals surface area contributed by atoms with E-state index in [4.69, 9.17) is 9.47 Å². The van der Waals surface area contributed by atoms with Crippen LogP contribution in [0.4, 0.5) is 0 Å². The van der Waals surface area contributed by atoms with Crippen LogP contribution in [0.3, 0.4) is 0 Å². The number of methoxy groups -OCH3 is 1. The summed E-state index contributed by atoms with van der Waals surface area (Å²) in [4.78, 5) is 22.3. The third-order valence-electron chi connectivity index (χ3n) is 6.73. The first-order valence-corrected chi connectivity index (χ1v) is 12.4. The predicted octanol–water partition coefficient (Wildman–Crippen LogP) is 4.11. The van der Waals surface area contributed by atoms with E-state index >= 15 is 0 Å². The van der Waals surface area contributed by atoms with Gasteiger partial charge in [0.05, 0.1) is 19.8 Å². The van der Waals surface area contributed by atoms with Gasteiger partial charge in [-0.3, -0.25) is 9.69 Å². The zero-order chi connectivity index (χ0) is 25.7. The molecule has 1 aliphatic rings. The summed E-state index contributed by atoms with van der Waals surface area (Å²) in [5.41, 5.74) is 3.23. The monoisotopic (exact) mass is 489 g/mol. The Morgan fingerprint density at radius 3 is 2.61 bits per heavy atom. The number of likely N-dealkylation sites (N-methyl/N-ethyl adjacent to an activating group) is 1. The first kappa shape index (κ1) is 25.7. The molecule has 4 rings (SSSR count). The van der Waals surface area contributed by atoms with Crippen LogP contribution in [-0.4, -0.2) is 71.8 Å². The standard InChI is InChI=1S/C29H35N3O4/c1-20-16-32(21(2)19-33)29(34)25-14-23(24-12-8-9-13-26(24)35-4)15-30-28(25)36-27(20)18-31(3)17-22-10-6-5-7-11-22/h5-15,20-21,27,33H,16-19H2,1-4H3/t20-,21+,27+/m0/s1. The van der Waals surface area contributed by atoms with Crippen LogP contribution in [0.25, 0.3) is 11.1 Å². The highest BCUT2D eigenvalue weighted by Gasteiger charge is 2.34. The Morgan fingerprint density at radius 2 is 1.89 bits per heavy atom. The number of rotatable bonds is 8. The van der Waals surface area contributed by atoms with Crippen LogP contribution in [0.2, 0.25) is 0 Å². The smallest absolute Gasteiger partial charge is 0.259 e. The topological polar surface area (TPSA) is 75.1 Å². The van der Waals surface area contributed by atoms with Crippen molar-refractivity contribution in [3.8, 4) is 22.8 Å². The van der Waals surface area contributed by atoms with Gasteiger partial charge in [0, 0.05) is 42.9 Å². The van der Waals surface area contributed by atoms with E-state index in [9.17, 15) is 9.90 Å². The number of carbonyl (C=O) groups excluding carboxylic acids is 1. The van der Waals surface area contributed by atoms with Crippen LogP contribution in [0.1, 0.15) is 29.8 Å². The van der Waals surface area contributed by atoms with Crippen molar-refractivity contribution in [2.75, 3.05) is 33.9 Å².